The number of thiophene rings is 1. The van der Waals surface area contributed by atoms with Crippen LogP contribution >= 0.6 is 11.3 Å². The van der Waals surface area contributed by atoms with E-state index in [9.17, 15) is 9.59 Å². The third-order valence-electron chi connectivity index (χ3n) is 6.03. The quantitative estimate of drug-likeness (QED) is 0.719. The SMILES string of the molecule is Cc1cc(-c2ccc3c(c2)N(C)CCC3)sc1C(=O)N1CC[C@H](NC(=O)OC(C)(C)C)C1. The van der Waals surface area contributed by atoms with Crippen molar-refractivity contribution in [2.75, 3.05) is 31.6 Å². The van der Waals surface area contributed by atoms with Gasteiger partial charge in [-0.2, -0.15) is 0 Å². The number of likely N-dealkylation sites (tertiary alicyclic amines) is 1. The molecule has 0 unspecified atom stereocenters. The number of hydrogen-bond donors (Lipinski definition) is 1. The van der Waals surface area contributed by atoms with Crippen LogP contribution in [0.4, 0.5) is 10.5 Å². The first kappa shape index (κ1) is 22.6. The van der Waals surface area contributed by atoms with Crippen LogP contribution in [0.5, 0.6) is 0 Å². The van der Waals surface area contributed by atoms with E-state index in [-0.39, 0.29) is 11.9 Å². The fraction of sp³-hybridized carbons (Fsp3) is 0.520. The summed E-state index contributed by atoms with van der Waals surface area (Å²) in [4.78, 5) is 31.4. The van der Waals surface area contributed by atoms with Crippen LogP contribution in [-0.2, 0) is 11.2 Å². The molecule has 1 aromatic heterocycles. The Balaban J connectivity index is 1.45. The van der Waals surface area contributed by atoms with E-state index in [0.29, 0.717) is 13.1 Å². The second-order valence-electron chi connectivity index (χ2n) is 9.87. The molecule has 7 heteroatoms. The first-order chi connectivity index (χ1) is 15.1. The number of fused-ring (bicyclic) bond motifs is 1. The lowest BCUT2D eigenvalue weighted by atomic mass is 9.99. The van der Waals surface area contributed by atoms with Gasteiger partial charge in [-0.1, -0.05) is 12.1 Å². The number of nitrogens with zero attached hydrogens (tertiary/aromatic N) is 2. The highest BCUT2D eigenvalue weighted by Gasteiger charge is 2.31. The van der Waals surface area contributed by atoms with Gasteiger partial charge >= 0.3 is 6.09 Å². The monoisotopic (exact) mass is 455 g/mol. The van der Waals surface area contributed by atoms with Crippen LogP contribution in [0.1, 0.15) is 54.4 Å². The Kier molecular flexibility index (Phi) is 6.21. The molecule has 0 aliphatic carbocycles. The van der Waals surface area contributed by atoms with Gasteiger partial charge in [0.25, 0.3) is 5.91 Å². The standard InChI is InChI=1S/C25H33N3O3S/c1-16-13-21(18-9-8-17-7-6-11-27(5)20(17)14-18)32-22(16)23(29)28-12-10-19(15-28)26-24(30)31-25(2,3)4/h8-9,13-14,19H,6-7,10-12,15H2,1-5H3,(H,26,30)/t19-/m0/s1. The van der Waals surface area contributed by atoms with Crippen molar-refractivity contribution in [2.24, 2.45) is 0 Å². The lowest BCUT2D eigenvalue weighted by molar-refractivity contribution is 0.0502. The molecule has 0 bridgehead atoms. The number of hydrogen-bond acceptors (Lipinski definition) is 5. The van der Waals surface area contributed by atoms with Crippen molar-refractivity contribution in [2.45, 2.75) is 58.6 Å². The van der Waals surface area contributed by atoms with Gasteiger partial charge in [-0.15, -0.1) is 11.3 Å². The highest BCUT2D eigenvalue weighted by atomic mass is 32.1. The van der Waals surface area contributed by atoms with E-state index in [1.807, 2.05) is 32.6 Å². The Morgan fingerprint density at radius 2 is 1.97 bits per heavy atom. The number of carbonyl (C=O) groups is 2. The lowest BCUT2D eigenvalue weighted by Crippen LogP contribution is -2.41. The highest BCUT2D eigenvalue weighted by molar-refractivity contribution is 7.17. The van der Waals surface area contributed by atoms with Gasteiger partial charge in [0.05, 0.1) is 10.9 Å². The van der Waals surface area contributed by atoms with Crippen molar-refractivity contribution in [3.05, 3.63) is 40.3 Å². The van der Waals surface area contributed by atoms with Gasteiger partial charge in [0.15, 0.2) is 0 Å². The maximum Gasteiger partial charge on any atom is 0.407 e. The minimum Gasteiger partial charge on any atom is -0.444 e. The zero-order valence-corrected chi connectivity index (χ0v) is 20.5. The summed E-state index contributed by atoms with van der Waals surface area (Å²) < 4.78 is 5.34. The molecule has 172 valence electrons. The molecule has 1 saturated heterocycles. The minimum atomic E-state index is -0.534. The van der Waals surface area contributed by atoms with Crippen molar-refractivity contribution in [3.8, 4) is 10.4 Å². The molecule has 6 nitrogen and oxygen atoms in total. The fourth-order valence-corrected chi connectivity index (χ4v) is 5.56. The topological polar surface area (TPSA) is 61.9 Å². The Morgan fingerprint density at radius 3 is 2.72 bits per heavy atom. The molecule has 0 spiro atoms. The van der Waals surface area contributed by atoms with E-state index >= 15 is 0 Å². The number of nitrogens with one attached hydrogen (secondary N) is 1. The molecule has 2 aliphatic rings. The molecule has 0 radical (unpaired) electrons. The molecule has 1 atom stereocenters. The van der Waals surface area contributed by atoms with E-state index in [1.54, 1.807) is 11.3 Å². The first-order valence-electron chi connectivity index (χ1n) is 11.3. The summed E-state index contributed by atoms with van der Waals surface area (Å²) in [6, 6.07) is 8.70. The van der Waals surface area contributed by atoms with Crippen molar-refractivity contribution >= 4 is 29.0 Å². The van der Waals surface area contributed by atoms with Gasteiger partial charge in [0, 0.05) is 37.2 Å². The van der Waals surface area contributed by atoms with Crippen molar-refractivity contribution in [1.29, 1.82) is 0 Å². The molecule has 1 N–H and O–H groups in total. The van der Waals surface area contributed by atoms with Crippen molar-refractivity contribution < 1.29 is 14.3 Å². The molecule has 1 aromatic carbocycles. The Morgan fingerprint density at radius 1 is 1.19 bits per heavy atom. The van der Waals surface area contributed by atoms with Crippen LogP contribution in [0.15, 0.2) is 24.3 Å². The summed E-state index contributed by atoms with van der Waals surface area (Å²) in [5.41, 5.74) is 4.32. The van der Waals surface area contributed by atoms with Crippen LogP contribution in [0.2, 0.25) is 0 Å². The Bertz CT molecular complexity index is 1020. The molecule has 2 amide bonds. The smallest absolute Gasteiger partial charge is 0.407 e. The third-order valence-corrected chi connectivity index (χ3v) is 7.30. The molecule has 2 aromatic rings. The van der Waals surface area contributed by atoms with Gasteiger partial charge in [0.1, 0.15) is 5.60 Å². The number of alkyl carbamates (subject to hydrolysis) is 1. The minimum absolute atomic E-state index is 0.0438. The Hall–Kier alpha value is -2.54. The predicted octanol–water partition coefficient (Wildman–Crippen LogP) is 4.85. The van der Waals surface area contributed by atoms with Crippen molar-refractivity contribution in [3.63, 3.8) is 0 Å². The largest absolute Gasteiger partial charge is 0.444 e. The molecule has 32 heavy (non-hydrogen) atoms. The summed E-state index contributed by atoms with van der Waals surface area (Å²) in [7, 11) is 2.14. The van der Waals surface area contributed by atoms with E-state index in [1.165, 1.54) is 17.7 Å². The van der Waals surface area contributed by atoms with Gasteiger partial charge in [-0.05, 0) is 75.8 Å². The fourth-order valence-electron chi connectivity index (χ4n) is 4.43. The average Bonchev–Trinajstić information content (AvgIpc) is 3.33. The predicted molar refractivity (Wildman–Crippen MR) is 130 cm³/mol. The van der Waals surface area contributed by atoms with Gasteiger partial charge in [0.2, 0.25) is 0 Å². The van der Waals surface area contributed by atoms with Crippen LogP contribution in [0, 0.1) is 6.92 Å². The van der Waals surface area contributed by atoms with E-state index < -0.39 is 11.7 Å². The molecule has 1 fully saturated rings. The summed E-state index contributed by atoms with van der Waals surface area (Å²) in [5.74, 6) is 0.0438. The van der Waals surface area contributed by atoms with Crippen LogP contribution < -0.4 is 10.2 Å². The van der Waals surface area contributed by atoms with Crippen molar-refractivity contribution in [1.82, 2.24) is 10.2 Å². The van der Waals surface area contributed by atoms with Crippen LogP contribution in [-0.4, -0.2) is 55.2 Å². The molecule has 0 saturated carbocycles. The zero-order valence-electron chi connectivity index (χ0n) is 19.7. The summed E-state index contributed by atoms with van der Waals surface area (Å²) in [5, 5.41) is 2.89. The number of aryl methyl sites for hydroxylation is 2. The molecular formula is C25H33N3O3S. The summed E-state index contributed by atoms with van der Waals surface area (Å²) >= 11 is 1.56. The highest BCUT2D eigenvalue weighted by Crippen LogP contribution is 2.36. The van der Waals surface area contributed by atoms with Gasteiger partial charge in [-0.3, -0.25) is 4.79 Å². The molecule has 3 heterocycles. The zero-order chi connectivity index (χ0) is 23.0. The molecular weight excluding hydrogens is 422 g/mol. The normalized spacial score (nSPS) is 18.5. The second-order valence-corrected chi connectivity index (χ2v) is 10.9. The average molecular weight is 456 g/mol. The molecule has 4 rings (SSSR count). The number of ether oxygens (including phenoxy) is 1. The maximum absolute atomic E-state index is 13.2. The number of benzene rings is 1. The lowest BCUT2D eigenvalue weighted by Gasteiger charge is -2.27. The second kappa shape index (κ2) is 8.77. The van der Waals surface area contributed by atoms with Crippen LogP contribution in [0.25, 0.3) is 10.4 Å². The number of rotatable bonds is 3. The third kappa shape index (κ3) is 4.93. The number of anilines is 1. The van der Waals surface area contributed by atoms with Gasteiger partial charge < -0.3 is 19.9 Å². The Labute approximate surface area is 194 Å². The van der Waals surface area contributed by atoms with Gasteiger partial charge in [-0.25, -0.2) is 4.79 Å². The first-order valence-corrected chi connectivity index (χ1v) is 12.2. The van der Waals surface area contributed by atoms with E-state index in [2.05, 4.69) is 41.5 Å². The summed E-state index contributed by atoms with van der Waals surface area (Å²) in [6.07, 6.45) is 2.63. The van der Waals surface area contributed by atoms with E-state index in [4.69, 9.17) is 4.74 Å². The summed E-state index contributed by atoms with van der Waals surface area (Å²) in [6.45, 7) is 9.75. The van der Waals surface area contributed by atoms with E-state index in [0.717, 1.165) is 40.3 Å². The number of carbonyl (C=O) groups excluding carboxylic acids is 2. The maximum atomic E-state index is 13.2. The molecule has 2 aliphatic heterocycles. The van der Waals surface area contributed by atoms with Crippen LogP contribution in [0.3, 0.4) is 0 Å². The number of amides is 2.